The average Bonchev–Trinajstić information content (AvgIpc) is 3.21. The van der Waals surface area contributed by atoms with E-state index in [2.05, 4.69) is 4.98 Å². The Morgan fingerprint density at radius 2 is 2.35 bits per heavy atom. The zero-order chi connectivity index (χ0) is 15.9. The number of rotatable bonds is 2. The zero-order valence-corrected chi connectivity index (χ0v) is 13.2. The lowest BCUT2D eigenvalue weighted by Crippen LogP contribution is -2.42. The molecule has 2 saturated heterocycles. The van der Waals surface area contributed by atoms with E-state index < -0.39 is 0 Å². The first kappa shape index (κ1) is 14.6. The quantitative estimate of drug-likeness (QED) is 0.853. The van der Waals surface area contributed by atoms with Crippen molar-refractivity contribution in [1.82, 2.24) is 9.88 Å². The monoisotopic (exact) mass is 312 g/mol. The molecule has 2 aromatic rings. The van der Waals surface area contributed by atoms with E-state index in [1.807, 2.05) is 35.2 Å². The molecule has 1 aromatic heterocycles. The first-order valence-electron chi connectivity index (χ1n) is 8.03. The van der Waals surface area contributed by atoms with Crippen LogP contribution in [0.1, 0.15) is 23.2 Å². The smallest absolute Gasteiger partial charge is 0.254 e. The Hall–Kier alpha value is -1.98. The summed E-state index contributed by atoms with van der Waals surface area (Å²) in [6.07, 6.45) is 3.70. The Morgan fingerprint density at radius 1 is 1.43 bits per heavy atom. The number of methoxy groups -OCH3 is 1. The van der Waals surface area contributed by atoms with Gasteiger partial charge in [-0.1, -0.05) is 6.07 Å². The lowest BCUT2D eigenvalue weighted by molar-refractivity contribution is -0.0754. The summed E-state index contributed by atoms with van der Waals surface area (Å²) in [4.78, 5) is 19.0. The van der Waals surface area contributed by atoms with Gasteiger partial charge in [-0.2, -0.15) is 0 Å². The highest BCUT2D eigenvalue weighted by Gasteiger charge is 2.51. The Bertz CT molecular complexity index is 740. The second-order valence-corrected chi connectivity index (χ2v) is 6.34. The Kier molecular flexibility index (Phi) is 3.54. The van der Waals surface area contributed by atoms with Gasteiger partial charge in [0.1, 0.15) is 11.7 Å². The van der Waals surface area contributed by atoms with E-state index in [0.29, 0.717) is 18.7 Å². The van der Waals surface area contributed by atoms with Gasteiger partial charge in [0.15, 0.2) is 0 Å². The minimum absolute atomic E-state index is 0.0326. The number of pyridine rings is 1. The fraction of sp³-hybridized carbons (Fsp3) is 0.444. The molecule has 0 radical (unpaired) electrons. The van der Waals surface area contributed by atoms with Crippen LogP contribution in [-0.4, -0.2) is 54.3 Å². The fourth-order valence-corrected chi connectivity index (χ4v) is 3.79. The van der Waals surface area contributed by atoms with Crippen LogP contribution < -0.4 is 0 Å². The van der Waals surface area contributed by atoms with Gasteiger partial charge in [0.25, 0.3) is 5.91 Å². The number of likely N-dealkylation sites (tertiary alicyclic amines) is 1. The summed E-state index contributed by atoms with van der Waals surface area (Å²) in [6, 6.07) is 9.51. The minimum atomic E-state index is -0.317. The highest BCUT2D eigenvalue weighted by Crippen LogP contribution is 2.37. The van der Waals surface area contributed by atoms with E-state index in [-0.39, 0.29) is 17.6 Å². The first-order chi connectivity index (χ1) is 11.2. The van der Waals surface area contributed by atoms with Crippen LogP contribution in [-0.2, 0) is 9.47 Å². The van der Waals surface area contributed by atoms with Crippen LogP contribution in [0.3, 0.4) is 0 Å². The van der Waals surface area contributed by atoms with Crippen LogP contribution in [0.5, 0.6) is 0 Å². The second-order valence-electron chi connectivity index (χ2n) is 6.34. The highest BCUT2D eigenvalue weighted by atomic mass is 16.6. The zero-order valence-electron chi connectivity index (χ0n) is 13.2. The predicted octanol–water partition coefficient (Wildman–Crippen LogP) is 2.25. The van der Waals surface area contributed by atoms with Gasteiger partial charge in [0.05, 0.1) is 18.6 Å². The number of fused-ring (bicyclic) bond motifs is 1. The SMILES string of the molecule is CO[C@H]1CN(C(=O)c2ccc3ncccc3c2)C[C@@]12CCCO2. The highest BCUT2D eigenvalue weighted by molar-refractivity contribution is 5.98. The molecule has 2 fully saturated rings. The topological polar surface area (TPSA) is 51.7 Å². The number of nitrogens with zero attached hydrogens (tertiary/aromatic N) is 2. The van der Waals surface area contributed by atoms with Crippen LogP contribution in [0.2, 0.25) is 0 Å². The van der Waals surface area contributed by atoms with Crippen molar-refractivity contribution in [3.8, 4) is 0 Å². The van der Waals surface area contributed by atoms with Crippen molar-refractivity contribution in [2.75, 3.05) is 26.8 Å². The van der Waals surface area contributed by atoms with Gasteiger partial charge in [-0.15, -0.1) is 0 Å². The summed E-state index contributed by atoms with van der Waals surface area (Å²) >= 11 is 0. The van der Waals surface area contributed by atoms with Crippen LogP contribution in [0.4, 0.5) is 0 Å². The van der Waals surface area contributed by atoms with Gasteiger partial charge in [-0.25, -0.2) is 0 Å². The number of carbonyl (C=O) groups is 1. The molecule has 1 aromatic carbocycles. The molecule has 1 amide bonds. The first-order valence-corrected chi connectivity index (χ1v) is 8.03. The Morgan fingerprint density at radius 3 is 3.13 bits per heavy atom. The van der Waals surface area contributed by atoms with Gasteiger partial charge in [-0.3, -0.25) is 9.78 Å². The van der Waals surface area contributed by atoms with Crippen molar-refractivity contribution >= 4 is 16.8 Å². The molecular formula is C18H20N2O3. The maximum atomic E-state index is 12.9. The number of carbonyl (C=O) groups excluding carboxylic acids is 1. The van der Waals surface area contributed by atoms with Crippen molar-refractivity contribution in [2.45, 2.75) is 24.5 Å². The summed E-state index contributed by atoms with van der Waals surface area (Å²) in [6.45, 7) is 1.94. The molecular weight excluding hydrogens is 292 g/mol. The number of hydrogen-bond acceptors (Lipinski definition) is 4. The molecule has 1 spiro atoms. The molecule has 0 aliphatic carbocycles. The summed E-state index contributed by atoms with van der Waals surface area (Å²) in [5.74, 6) is 0.0326. The van der Waals surface area contributed by atoms with E-state index in [1.165, 1.54) is 0 Å². The number of aromatic nitrogens is 1. The van der Waals surface area contributed by atoms with Gasteiger partial charge in [0, 0.05) is 30.9 Å². The number of benzene rings is 1. The lowest BCUT2D eigenvalue weighted by Gasteiger charge is -2.27. The molecule has 2 atom stereocenters. The molecule has 0 N–H and O–H groups in total. The van der Waals surface area contributed by atoms with E-state index in [9.17, 15) is 4.79 Å². The molecule has 2 aliphatic heterocycles. The van der Waals surface area contributed by atoms with E-state index >= 15 is 0 Å². The van der Waals surface area contributed by atoms with Crippen molar-refractivity contribution in [3.05, 3.63) is 42.1 Å². The summed E-state index contributed by atoms with van der Waals surface area (Å²) < 4.78 is 11.6. The van der Waals surface area contributed by atoms with Crippen LogP contribution in [0.15, 0.2) is 36.5 Å². The third-order valence-electron chi connectivity index (χ3n) is 4.99. The Balaban J connectivity index is 1.61. The summed E-state index contributed by atoms with van der Waals surface area (Å²) in [5.41, 5.74) is 1.27. The van der Waals surface area contributed by atoms with Crippen LogP contribution in [0.25, 0.3) is 10.9 Å². The number of ether oxygens (including phenoxy) is 2. The number of amides is 1. The maximum absolute atomic E-state index is 12.9. The van der Waals surface area contributed by atoms with Gasteiger partial charge >= 0.3 is 0 Å². The second kappa shape index (κ2) is 5.58. The van der Waals surface area contributed by atoms with E-state index in [4.69, 9.17) is 9.47 Å². The molecule has 0 unspecified atom stereocenters. The molecule has 0 saturated carbocycles. The van der Waals surface area contributed by atoms with Gasteiger partial charge in [-0.05, 0) is 37.1 Å². The molecule has 4 rings (SSSR count). The third kappa shape index (κ3) is 2.40. The van der Waals surface area contributed by atoms with Crippen LogP contribution >= 0.6 is 0 Å². The normalized spacial score (nSPS) is 27.2. The van der Waals surface area contributed by atoms with Gasteiger partial charge in [0.2, 0.25) is 0 Å². The third-order valence-corrected chi connectivity index (χ3v) is 4.99. The minimum Gasteiger partial charge on any atom is -0.377 e. The average molecular weight is 312 g/mol. The molecule has 0 bridgehead atoms. The van der Waals surface area contributed by atoms with Crippen molar-refractivity contribution in [2.24, 2.45) is 0 Å². The maximum Gasteiger partial charge on any atom is 0.254 e. The molecule has 5 nitrogen and oxygen atoms in total. The summed E-state index contributed by atoms with van der Waals surface area (Å²) in [5, 5.41) is 0.979. The van der Waals surface area contributed by atoms with Crippen molar-refractivity contribution < 1.29 is 14.3 Å². The molecule has 3 heterocycles. The largest absolute Gasteiger partial charge is 0.377 e. The molecule has 23 heavy (non-hydrogen) atoms. The Labute approximate surface area is 135 Å². The van der Waals surface area contributed by atoms with Crippen molar-refractivity contribution in [3.63, 3.8) is 0 Å². The number of hydrogen-bond donors (Lipinski definition) is 0. The fourth-order valence-electron chi connectivity index (χ4n) is 3.79. The molecule has 2 aliphatic rings. The van der Waals surface area contributed by atoms with Crippen molar-refractivity contribution in [1.29, 1.82) is 0 Å². The van der Waals surface area contributed by atoms with E-state index in [1.54, 1.807) is 13.3 Å². The lowest BCUT2D eigenvalue weighted by atomic mass is 9.96. The van der Waals surface area contributed by atoms with E-state index in [0.717, 1.165) is 30.4 Å². The van der Waals surface area contributed by atoms with Gasteiger partial charge < -0.3 is 14.4 Å². The van der Waals surface area contributed by atoms with Crippen LogP contribution in [0, 0.1) is 0 Å². The standard InChI is InChI=1S/C18H20N2O3/c1-22-16-11-20(12-18(16)7-3-9-23-18)17(21)14-5-6-15-13(10-14)4-2-8-19-15/h2,4-6,8,10,16H,3,7,9,11-12H2,1H3/t16-,18-/m0/s1. The molecule has 5 heteroatoms. The predicted molar refractivity (Wildman–Crippen MR) is 86.4 cm³/mol. The molecule has 120 valence electrons. The summed E-state index contributed by atoms with van der Waals surface area (Å²) in [7, 11) is 1.70.